The third kappa shape index (κ3) is 1.45. The topological polar surface area (TPSA) is 0 Å². The second kappa shape index (κ2) is 2.80. The largest absolute Gasteiger partial charge is 0.0883 e. The highest BCUT2D eigenvalue weighted by Crippen LogP contribution is 2.28. The Balaban J connectivity index is 2.43. The van der Waals surface area contributed by atoms with Crippen LogP contribution in [0.1, 0.15) is 11.1 Å². The summed E-state index contributed by atoms with van der Waals surface area (Å²) < 4.78 is 0. The van der Waals surface area contributed by atoms with E-state index in [1.54, 1.807) is 0 Å². The monoisotopic (exact) mass is 230 g/mol. The molecule has 0 nitrogen and oxygen atoms in total. The Labute approximate surface area is 79.7 Å². The van der Waals surface area contributed by atoms with Crippen LogP contribution in [0, 0.1) is 0 Å². The number of alkyl halides is 1. The zero-order chi connectivity index (χ0) is 7.84. The van der Waals surface area contributed by atoms with Crippen LogP contribution < -0.4 is 0 Å². The Morgan fingerprint density at radius 1 is 1.27 bits per heavy atom. The Bertz CT molecular complexity index is 283. The van der Waals surface area contributed by atoms with Gasteiger partial charge in [0.2, 0.25) is 0 Å². The average Bonchev–Trinajstić information content (AvgIpc) is 2.27. The lowest BCUT2D eigenvalue weighted by Crippen LogP contribution is -1.92. The van der Waals surface area contributed by atoms with Crippen molar-refractivity contribution in [2.75, 3.05) is 0 Å². The summed E-state index contributed by atoms with van der Waals surface area (Å²) in [5.74, 6) is 0. The summed E-state index contributed by atoms with van der Waals surface area (Å²) in [5, 5.41) is 0.852. The highest BCUT2D eigenvalue weighted by Gasteiger charge is 2.18. The summed E-state index contributed by atoms with van der Waals surface area (Å²) in [5.41, 5.74) is 2.84. The standard InChI is InChI=1S/C9H8BrCl/c10-8-3-6-1-2-9(11)5-7(6)4-8/h1-2,5,8H,3-4H2. The summed E-state index contributed by atoms with van der Waals surface area (Å²) in [6, 6.07) is 6.16. The normalized spacial score (nSPS) is 21.8. The molecular formula is C9H8BrCl. The number of benzene rings is 1. The average molecular weight is 232 g/mol. The van der Waals surface area contributed by atoms with Crippen LogP contribution >= 0.6 is 27.5 Å². The zero-order valence-electron chi connectivity index (χ0n) is 5.98. The van der Waals surface area contributed by atoms with Crippen molar-refractivity contribution in [1.29, 1.82) is 0 Å². The Morgan fingerprint density at radius 3 is 2.82 bits per heavy atom. The van der Waals surface area contributed by atoms with Gasteiger partial charge in [0.1, 0.15) is 0 Å². The molecule has 1 atom stereocenters. The summed E-state index contributed by atoms with van der Waals surface area (Å²) in [7, 11) is 0. The molecule has 1 aliphatic rings. The first-order chi connectivity index (χ1) is 5.25. The van der Waals surface area contributed by atoms with E-state index >= 15 is 0 Å². The number of rotatable bonds is 0. The molecule has 0 amide bonds. The maximum Gasteiger partial charge on any atom is 0.0408 e. The van der Waals surface area contributed by atoms with Crippen LogP contribution in [0.4, 0.5) is 0 Å². The van der Waals surface area contributed by atoms with E-state index in [2.05, 4.69) is 28.1 Å². The van der Waals surface area contributed by atoms with Gasteiger partial charge >= 0.3 is 0 Å². The molecule has 1 aliphatic carbocycles. The lowest BCUT2D eigenvalue weighted by atomic mass is 10.1. The molecule has 0 saturated carbocycles. The molecular weight excluding hydrogens is 223 g/mol. The van der Waals surface area contributed by atoms with E-state index in [0.29, 0.717) is 4.83 Å². The fraction of sp³-hybridized carbons (Fsp3) is 0.333. The van der Waals surface area contributed by atoms with Crippen LogP contribution in [0.5, 0.6) is 0 Å². The molecule has 0 heterocycles. The molecule has 0 spiro atoms. The van der Waals surface area contributed by atoms with Crippen molar-refractivity contribution in [3.05, 3.63) is 34.3 Å². The zero-order valence-corrected chi connectivity index (χ0v) is 8.32. The number of hydrogen-bond acceptors (Lipinski definition) is 0. The number of hydrogen-bond donors (Lipinski definition) is 0. The van der Waals surface area contributed by atoms with Crippen molar-refractivity contribution < 1.29 is 0 Å². The van der Waals surface area contributed by atoms with E-state index in [-0.39, 0.29) is 0 Å². The first-order valence-corrected chi connectivity index (χ1v) is 4.96. The second-order valence-electron chi connectivity index (χ2n) is 2.92. The molecule has 0 bridgehead atoms. The molecule has 58 valence electrons. The molecule has 1 aromatic carbocycles. The third-order valence-electron chi connectivity index (χ3n) is 2.05. The Hall–Kier alpha value is -0.0100. The fourth-order valence-corrected chi connectivity index (χ4v) is 2.43. The van der Waals surface area contributed by atoms with E-state index in [1.165, 1.54) is 11.1 Å². The smallest absolute Gasteiger partial charge is 0.0408 e. The van der Waals surface area contributed by atoms with Crippen LogP contribution in [-0.2, 0) is 12.8 Å². The second-order valence-corrected chi connectivity index (χ2v) is 4.65. The first-order valence-electron chi connectivity index (χ1n) is 3.67. The minimum absolute atomic E-state index is 0.621. The lowest BCUT2D eigenvalue weighted by molar-refractivity contribution is 0.953. The van der Waals surface area contributed by atoms with Gasteiger partial charge in [-0.3, -0.25) is 0 Å². The maximum absolute atomic E-state index is 5.86. The van der Waals surface area contributed by atoms with Crippen LogP contribution in [0.2, 0.25) is 5.02 Å². The van der Waals surface area contributed by atoms with Gasteiger partial charge in [0, 0.05) is 9.85 Å². The van der Waals surface area contributed by atoms with Gasteiger partial charge in [0.15, 0.2) is 0 Å². The maximum atomic E-state index is 5.86. The predicted molar refractivity (Wildman–Crippen MR) is 51.6 cm³/mol. The van der Waals surface area contributed by atoms with Crippen molar-refractivity contribution >= 4 is 27.5 Å². The van der Waals surface area contributed by atoms with Crippen LogP contribution in [-0.4, -0.2) is 4.83 Å². The molecule has 1 aromatic rings. The van der Waals surface area contributed by atoms with Gasteiger partial charge < -0.3 is 0 Å². The molecule has 0 fully saturated rings. The SMILES string of the molecule is Clc1ccc2c(c1)CC(Br)C2. The molecule has 0 N–H and O–H groups in total. The molecule has 1 unspecified atom stereocenters. The number of fused-ring (bicyclic) bond motifs is 1. The van der Waals surface area contributed by atoms with Crippen molar-refractivity contribution in [3.63, 3.8) is 0 Å². The number of halogens is 2. The predicted octanol–water partition coefficient (Wildman–Crippen LogP) is 3.20. The first kappa shape index (κ1) is 7.63. The summed E-state index contributed by atoms with van der Waals surface area (Å²) in [6.45, 7) is 0. The molecule has 2 rings (SSSR count). The highest BCUT2D eigenvalue weighted by molar-refractivity contribution is 9.09. The van der Waals surface area contributed by atoms with Gasteiger partial charge in [0.05, 0.1) is 0 Å². The fourth-order valence-electron chi connectivity index (χ4n) is 1.53. The molecule has 0 aliphatic heterocycles. The Kier molecular flexibility index (Phi) is 1.94. The molecule has 2 heteroatoms. The van der Waals surface area contributed by atoms with Crippen LogP contribution in [0.15, 0.2) is 18.2 Å². The highest BCUT2D eigenvalue weighted by atomic mass is 79.9. The Morgan fingerprint density at radius 2 is 2.00 bits per heavy atom. The summed E-state index contributed by atoms with van der Waals surface area (Å²) >= 11 is 9.46. The molecule has 0 radical (unpaired) electrons. The van der Waals surface area contributed by atoms with Crippen molar-refractivity contribution in [3.8, 4) is 0 Å². The van der Waals surface area contributed by atoms with Gasteiger partial charge in [-0.25, -0.2) is 0 Å². The van der Waals surface area contributed by atoms with Crippen molar-refractivity contribution in [2.24, 2.45) is 0 Å². The molecule has 0 saturated heterocycles. The van der Waals surface area contributed by atoms with Gasteiger partial charge in [-0.15, -0.1) is 0 Å². The van der Waals surface area contributed by atoms with Crippen molar-refractivity contribution in [1.82, 2.24) is 0 Å². The molecule has 11 heavy (non-hydrogen) atoms. The summed E-state index contributed by atoms with van der Waals surface area (Å²) in [6.07, 6.45) is 2.27. The lowest BCUT2D eigenvalue weighted by Gasteiger charge is -1.96. The van der Waals surface area contributed by atoms with Gasteiger partial charge in [-0.05, 0) is 36.1 Å². The van der Waals surface area contributed by atoms with Gasteiger partial charge in [-0.1, -0.05) is 33.6 Å². The summed E-state index contributed by atoms with van der Waals surface area (Å²) in [4.78, 5) is 0.621. The quantitative estimate of drug-likeness (QED) is 0.602. The van der Waals surface area contributed by atoms with E-state index in [4.69, 9.17) is 11.6 Å². The van der Waals surface area contributed by atoms with Gasteiger partial charge in [0.25, 0.3) is 0 Å². The van der Waals surface area contributed by atoms with E-state index in [9.17, 15) is 0 Å². The van der Waals surface area contributed by atoms with E-state index in [1.807, 2.05) is 6.07 Å². The minimum Gasteiger partial charge on any atom is -0.0883 e. The van der Waals surface area contributed by atoms with Crippen LogP contribution in [0.25, 0.3) is 0 Å². The third-order valence-corrected chi connectivity index (χ3v) is 2.93. The van der Waals surface area contributed by atoms with Crippen LogP contribution in [0.3, 0.4) is 0 Å². The minimum atomic E-state index is 0.621. The van der Waals surface area contributed by atoms with E-state index < -0.39 is 0 Å². The van der Waals surface area contributed by atoms with E-state index in [0.717, 1.165) is 17.9 Å². The van der Waals surface area contributed by atoms with Gasteiger partial charge in [-0.2, -0.15) is 0 Å². The van der Waals surface area contributed by atoms with Crippen molar-refractivity contribution in [2.45, 2.75) is 17.7 Å². The molecule has 0 aromatic heterocycles.